The summed E-state index contributed by atoms with van der Waals surface area (Å²) in [4.78, 5) is 24.3. The molecule has 1 unspecified atom stereocenters. The Hall–Kier alpha value is -2.83. The van der Waals surface area contributed by atoms with E-state index in [4.69, 9.17) is 4.74 Å². The smallest absolute Gasteiger partial charge is 0.407 e. The molecular weight excluding hydrogens is 368 g/mol. The van der Waals surface area contributed by atoms with E-state index in [0.717, 1.165) is 29.1 Å². The number of para-hydroxylation sites is 1. The average molecular weight is 401 g/mol. The lowest BCUT2D eigenvalue weighted by atomic mass is 10.0. The molecule has 0 saturated carbocycles. The zero-order valence-corrected chi connectivity index (χ0v) is 18.0. The van der Waals surface area contributed by atoms with Crippen LogP contribution in [-0.4, -0.2) is 41.0 Å². The third kappa shape index (κ3) is 6.62. The fraction of sp³-hybridized carbons (Fsp3) is 0.500. The summed E-state index contributed by atoms with van der Waals surface area (Å²) < 4.78 is 6.82. The van der Waals surface area contributed by atoms with Crippen LogP contribution in [0.5, 0.6) is 0 Å². The molecule has 0 aliphatic heterocycles. The molecule has 2 amide bonds. The van der Waals surface area contributed by atoms with Crippen molar-refractivity contribution >= 4 is 12.0 Å². The molecule has 0 saturated heterocycles. The molecule has 0 aliphatic rings. The molecular formula is C22H32N4O3. The first-order valence-corrected chi connectivity index (χ1v) is 10.1. The number of nitrogens with one attached hydrogen (secondary N) is 2. The largest absolute Gasteiger partial charge is 0.450 e. The van der Waals surface area contributed by atoms with E-state index in [9.17, 15) is 9.59 Å². The summed E-state index contributed by atoms with van der Waals surface area (Å²) in [5.74, 6) is 0.288. The van der Waals surface area contributed by atoms with Gasteiger partial charge in [-0.25, -0.2) is 9.48 Å². The highest BCUT2D eigenvalue weighted by atomic mass is 16.5. The van der Waals surface area contributed by atoms with Crippen LogP contribution in [0.3, 0.4) is 0 Å². The lowest BCUT2D eigenvalue weighted by molar-refractivity contribution is -0.120. The van der Waals surface area contributed by atoms with Gasteiger partial charge in [0.2, 0.25) is 5.91 Å². The van der Waals surface area contributed by atoms with Gasteiger partial charge < -0.3 is 15.4 Å². The molecule has 7 heteroatoms. The number of carbonyl (C=O) groups excluding carboxylic acids is 2. The fourth-order valence-electron chi connectivity index (χ4n) is 3.31. The second-order valence-corrected chi connectivity index (χ2v) is 7.57. The molecule has 2 aromatic rings. The molecule has 2 N–H and O–H groups in total. The van der Waals surface area contributed by atoms with Gasteiger partial charge in [0, 0.05) is 23.8 Å². The number of amides is 2. The van der Waals surface area contributed by atoms with Gasteiger partial charge in [-0.2, -0.15) is 5.10 Å². The first-order valence-electron chi connectivity index (χ1n) is 10.1. The predicted octanol–water partition coefficient (Wildman–Crippen LogP) is 3.31. The lowest BCUT2D eigenvalue weighted by Crippen LogP contribution is -2.45. The van der Waals surface area contributed by atoms with E-state index in [0.29, 0.717) is 19.1 Å². The van der Waals surface area contributed by atoms with Crippen molar-refractivity contribution in [2.75, 3.05) is 13.2 Å². The van der Waals surface area contributed by atoms with Crippen LogP contribution in [0.1, 0.15) is 44.1 Å². The monoisotopic (exact) mass is 400 g/mol. The van der Waals surface area contributed by atoms with Gasteiger partial charge in [0.1, 0.15) is 0 Å². The van der Waals surface area contributed by atoms with E-state index < -0.39 is 6.09 Å². The Morgan fingerprint density at radius 1 is 1.17 bits per heavy atom. The first kappa shape index (κ1) is 22.5. The van der Waals surface area contributed by atoms with Gasteiger partial charge in [-0.1, -0.05) is 32.0 Å². The first-order chi connectivity index (χ1) is 13.8. The highest BCUT2D eigenvalue weighted by molar-refractivity contribution is 5.79. The maximum Gasteiger partial charge on any atom is 0.407 e. The van der Waals surface area contributed by atoms with E-state index >= 15 is 0 Å². The average Bonchev–Trinajstić information content (AvgIpc) is 2.95. The van der Waals surface area contributed by atoms with Crippen molar-refractivity contribution in [2.45, 2.75) is 53.5 Å². The van der Waals surface area contributed by atoms with Gasteiger partial charge in [0.25, 0.3) is 0 Å². The molecule has 1 heterocycles. The Kier molecular flexibility index (Phi) is 8.24. The molecule has 29 heavy (non-hydrogen) atoms. The summed E-state index contributed by atoms with van der Waals surface area (Å²) in [7, 11) is 0. The second kappa shape index (κ2) is 10.6. The summed E-state index contributed by atoms with van der Waals surface area (Å²) >= 11 is 0. The third-order valence-electron chi connectivity index (χ3n) is 4.68. The van der Waals surface area contributed by atoms with E-state index in [2.05, 4.69) is 29.6 Å². The zero-order valence-electron chi connectivity index (χ0n) is 18.0. The Bertz CT molecular complexity index is 815. The minimum Gasteiger partial charge on any atom is -0.450 e. The standard InChI is InChI=1S/C22H32N4O3/c1-6-29-22(28)24-18(12-15(2)3)14-23-21(27)13-20-16(4)25-26(17(20)5)19-10-8-7-9-11-19/h7-11,15,18H,6,12-14H2,1-5H3,(H,23,27)(H,24,28). The van der Waals surface area contributed by atoms with Gasteiger partial charge >= 0.3 is 6.09 Å². The predicted molar refractivity (Wildman–Crippen MR) is 113 cm³/mol. The van der Waals surface area contributed by atoms with Crippen molar-refractivity contribution in [3.8, 4) is 5.69 Å². The number of benzene rings is 1. The molecule has 0 fully saturated rings. The van der Waals surface area contributed by atoms with Crippen molar-refractivity contribution in [3.05, 3.63) is 47.3 Å². The number of alkyl carbamates (subject to hydrolysis) is 1. The van der Waals surface area contributed by atoms with E-state index in [1.54, 1.807) is 6.92 Å². The zero-order chi connectivity index (χ0) is 21.4. The Labute approximate surface area is 172 Å². The summed E-state index contributed by atoms with van der Waals surface area (Å²) in [6.07, 6.45) is 0.546. The Balaban J connectivity index is 2.00. The SMILES string of the molecule is CCOC(=O)NC(CNC(=O)Cc1c(C)nn(-c2ccccc2)c1C)CC(C)C. The number of aryl methyl sites for hydroxylation is 1. The summed E-state index contributed by atoms with van der Waals surface area (Å²) in [6.45, 7) is 10.5. The van der Waals surface area contributed by atoms with Gasteiger partial charge in [0.05, 0.1) is 24.4 Å². The van der Waals surface area contributed by atoms with E-state index in [-0.39, 0.29) is 18.4 Å². The van der Waals surface area contributed by atoms with Crippen LogP contribution in [0, 0.1) is 19.8 Å². The van der Waals surface area contributed by atoms with Crippen LogP contribution in [0.2, 0.25) is 0 Å². The second-order valence-electron chi connectivity index (χ2n) is 7.57. The lowest BCUT2D eigenvalue weighted by Gasteiger charge is -2.20. The van der Waals surface area contributed by atoms with E-state index in [1.807, 2.05) is 48.9 Å². The Morgan fingerprint density at radius 2 is 1.86 bits per heavy atom. The van der Waals surface area contributed by atoms with Crippen molar-refractivity contribution in [2.24, 2.45) is 5.92 Å². The molecule has 0 radical (unpaired) electrons. The Morgan fingerprint density at radius 3 is 2.48 bits per heavy atom. The maximum absolute atomic E-state index is 12.6. The molecule has 0 bridgehead atoms. The quantitative estimate of drug-likeness (QED) is 0.676. The summed E-state index contributed by atoms with van der Waals surface area (Å²) in [6, 6.07) is 9.68. The molecule has 0 spiro atoms. The number of hydrogen-bond acceptors (Lipinski definition) is 4. The summed E-state index contributed by atoms with van der Waals surface area (Å²) in [5.41, 5.74) is 3.68. The molecule has 1 atom stereocenters. The van der Waals surface area contributed by atoms with Crippen LogP contribution in [0.15, 0.2) is 30.3 Å². The third-order valence-corrected chi connectivity index (χ3v) is 4.68. The maximum atomic E-state index is 12.6. The molecule has 1 aromatic heterocycles. The number of aromatic nitrogens is 2. The molecule has 1 aromatic carbocycles. The molecule has 0 aliphatic carbocycles. The minimum absolute atomic E-state index is 0.0942. The van der Waals surface area contributed by atoms with Crippen LogP contribution >= 0.6 is 0 Å². The summed E-state index contributed by atoms with van der Waals surface area (Å²) in [5, 5.41) is 10.4. The molecule has 7 nitrogen and oxygen atoms in total. The number of carbonyl (C=O) groups is 2. The van der Waals surface area contributed by atoms with Crippen LogP contribution in [-0.2, 0) is 16.0 Å². The van der Waals surface area contributed by atoms with Crippen LogP contribution in [0.25, 0.3) is 5.69 Å². The topological polar surface area (TPSA) is 85.2 Å². The number of nitrogens with zero attached hydrogens (tertiary/aromatic N) is 2. The van der Waals surface area contributed by atoms with Gasteiger partial charge in [-0.15, -0.1) is 0 Å². The normalized spacial score (nSPS) is 11.9. The van der Waals surface area contributed by atoms with Gasteiger partial charge in [-0.3, -0.25) is 4.79 Å². The highest BCUT2D eigenvalue weighted by Gasteiger charge is 2.19. The number of ether oxygens (including phenoxy) is 1. The number of rotatable bonds is 9. The van der Waals surface area contributed by atoms with Crippen molar-refractivity contribution in [1.29, 1.82) is 0 Å². The van der Waals surface area contributed by atoms with Crippen LogP contribution in [0.4, 0.5) is 4.79 Å². The number of hydrogen-bond donors (Lipinski definition) is 2. The van der Waals surface area contributed by atoms with Crippen molar-refractivity contribution < 1.29 is 14.3 Å². The van der Waals surface area contributed by atoms with Crippen molar-refractivity contribution in [1.82, 2.24) is 20.4 Å². The van der Waals surface area contributed by atoms with Gasteiger partial charge in [0.15, 0.2) is 0 Å². The van der Waals surface area contributed by atoms with Gasteiger partial charge in [-0.05, 0) is 45.2 Å². The minimum atomic E-state index is -0.455. The van der Waals surface area contributed by atoms with Crippen molar-refractivity contribution in [3.63, 3.8) is 0 Å². The van der Waals surface area contributed by atoms with Crippen LogP contribution < -0.4 is 10.6 Å². The highest BCUT2D eigenvalue weighted by Crippen LogP contribution is 2.18. The van der Waals surface area contributed by atoms with E-state index in [1.165, 1.54) is 0 Å². The molecule has 158 valence electrons. The fourth-order valence-corrected chi connectivity index (χ4v) is 3.31. The molecule has 2 rings (SSSR count).